The van der Waals surface area contributed by atoms with E-state index in [1.165, 1.54) is 18.5 Å². The van der Waals surface area contributed by atoms with Crippen molar-refractivity contribution >= 4 is 22.4 Å². The van der Waals surface area contributed by atoms with E-state index in [-0.39, 0.29) is 11.7 Å². The summed E-state index contributed by atoms with van der Waals surface area (Å²) in [6.45, 7) is 1.83. The molecular weight excluding hydrogens is 276 g/mol. The fraction of sp³-hybridized carbons (Fsp3) is 0.182. The van der Waals surface area contributed by atoms with Gasteiger partial charge in [0.25, 0.3) is 5.69 Å². The first-order valence-electron chi connectivity index (χ1n) is 6.04. The van der Waals surface area contributed by atoms with Crippen molar-refractivity contribution < 1.29 is 4.92 Å². The van der Waals surface area contributed by atoms with E-state index in [2.05, 4.69) is 35.9 Å². The molecule has 0 saturated carbocycles. The zero-order chi connectivity index (χ0) is 14.8. The van der Waals surface area contributed by atoms with E-state index in [4.69, 9.17) is 0 Å². The number of hydrogen-bond acceptors (Lipinski definition) is 8. The van der Waals surface area contributed by atoms with Gasteiger partial charge in [-0.1, -0.05) is 5.21 Å². The molecule has 1 unspecified atom stereocenters. The first kappa shape index (κ1) is 12.8. The molecule has 0 saturated heterocycles. The van der Waals surface area contributed by atoms with Gasteiger partial charge in [0, 0.05) is 17.5 Å². The first-order chi connectivity index (χ1) is 10.1. The number of rotatable bonds is 4. The first-order valence-corrected chi connectivity index (χ1v) is 6.04. The number of non-ortho nitro benzene ring substituents is 1. The zero-order valence-electron chi connectivity index (χ0n) is 10.9. The molecule has 21 heavy (non-hydrogen) atoms. The number of nitro groups is 1. The maximum Gasteiger partial charge on any atom is 0.270 e. The molecule has 1 aromatic carbocycles. The number of hydrogen-bond donors (Lipinski definition) is 2. The number of nitro benzene ring substituents is 1. The topological polar surface area (TPSA) is 135 Å². The van der Waals surface area contributed by atoms with Crippen LogP contribution < -0.4 is 5.32 Å². The molecule has 2 heterocycles. The average molecular weight is 286 g/mol. The van der Waals surface area contributed by atoms with Gasteiger partial charge in [-0.2, -0.15) is 5.21 Å². The molecular formula is C11H10N8O2. The van der Waals surface area contributed by atoms with Crippen LogP contribution in [0.5, 0.6) is 0 Å². The molecule has 10 nitrogen and oxygen atoms in total. The molecule has 0 radical (unpaired) electrons. The van der Waals surface area contributed by atoms with Gasteiger partial charge in [0.2, 0.25) is 0 Å². The van der Waals surface area contributed by atoms with Crippen LogP contribution >= 0.6 is 0 Å². The molecule has 0 aliphatic carbocycles. The minimum Gasteiger partial charge on any atom is -0.360 e. The lowest BCUT2D eigenvalue weighted by Gasteiger charge is -2.12. The summed E-state index contributed by atoms with van der Waals surface area (Å²) < 4.78 is 0. The lowest BCUT2D eigenvalue weighted by Crippen LogP contribution is -2.10. The van der Waals surface area contributed by atoms with Gasteiger partial charge in [0.1, 0.15) is 12.1 Å². The van der Waals surface area contributed by atoms with Crippen LogP contribution in [0.1, 0.15) is 18.8 Å². The fourth-order valence-corrected chi connectivity index (χ4v) is 1.90. The summed E-state index contributed by atoms with van der Waals surface area (Å²) in [6, 6.07) is 4.16. The Morgan fingerprint density at radius 3 is 2.95 bits per heavy atom. The molecule has 3 aromatic rings. The van der Waals surface area contributed by atoms with Crippen molar-refractivity contribution in [2.45, 2.75) is 13.0 Å². The van der Waals surface area contributed by atoms with Gasteiger partial charge in [-0.3, -0.25) is 10.1 Å². The maximum atomic E-state index is 10.9. The SMILES string of the molecule is CC(Nc1ncnc2ccc([N+](=O)[O-])cc12)c1nn[nH]n1. The quantitative estimate of drug-likeness (QED) is 0.539. The van der Waals surface area contributed by atoms with Crippen LogP contribution in [0.2, 0.25) is 0 Å². The highest BCUT2D eigenvalue weighted by molar-refractivity contribution is 5.90. The summed E-state index contributed by atoms with van der Waals surface area (Å²) in [5, 5.41) is 28.1. The smallest absolute Gasteiger partial charge is 0.270 e. The maximum absolute atomic E-state index is 10.9. The number of aromatic nitrogens is 6. The Labute approximate surface area is 117 Å². The minimum atomic E-state index is -0.459. The number of fused-ring (bicyclic) bond motifs is 1. The molecule has 0 fully saturated rings. The van der Waals surface area contributed by atoms with Crippen LogP contribution in [0.4, 0.5) is 11.5 Å². The molecule has 3 rings (SSSR count). The van der Waals surface area contributed by atoms with Gasteiger partial charge in [0.05, 0.1) is 16.5 Å². The number of benzene rings is 1. The van der Waals surface area contributed by atoms with Crippen molar-refractivity contribution in [2.75, 3.05) is 5.32 Å². The van der Waals surface area contributed by atoms with Crippen LogP contribution in [0.15, 0.2) is 24.5 Å². The number of nitrogens with one attached hydrogen (secondary N) is 2. The van der Waals surface area contributed by atoms with E-state index in [9.17, 15) is 10.1 Å². The van der Waals surface area contributed by atoms with Crippen LogP contribution in [0, 0.1) is 10.1 Å². The van der Waals surface area contributed by atoms with Crippen LogP contribution in [-0.2, 0) is 0 Å². The van der Waals surface area contributed by atoms with Gasteiger partial charge in [-0.15, -0.1) is 10.2 Å². The van der Waals surface area contributed by atoms with Crippen LogP contribution in [-0.4, -0.2) is 35.5 Å². The standard InChI is InChI=1S/C11H10N8O2/c1-6(10-15-17-18-16-10)14-11-8-4-7(19(20)21)2-3-9(8)12-5-13-11/h2-6H,1H3,(H,12,13,14)(H,15,16,17,18). The molecule has 0 spiro atoms. The Morgan fingerprint density at radius 2 is 2.24 bits per heavy atom. The summed E-state index contributed by atoms with van der Waals surface area (Å²) in [7, 11) is 0. The fourth-order valence-electron chi connectivity index (χ4n) is 1.90. The van der Waals surface area contributed by atoms with Crippen LogP contribution in [0.3, 0.4) is 0 Å². The molecule has 0 bridgehead atoms. The second-order valence-corrected chi connectivity index (χ2v) is 4.32. The minimum absolute atomic E-state index is 0.0208. The third-order valence-corrected chi connectivity index (χ3v) is 2.93. The molecule has 0 amide bonds. The van der Waals surface area contributed by atoms with Crippen molar-refractivity contribution in [1.82, 2.24) is 30.6 Å². The second kappa shape index (κ2) is 5.07. The summed E-state index contributed by atoms with van der Waals surface area (Å²) >= 11 is 0. The third-order valence-electron chi connectivity index (χ3n) is 2.93. The van der Waals surface area contributed by atoms with E-state index < -0.39 is 4.92 Å². The predicted molar refractivity (Wildman–Crippen MR) is 72.4 cm³/mol. The van der Waals surface area contributed by atoms with Crippen molar-refractivity contribution in [3.8, 4) is 0 Å². The normalized spacial score (nSPS) is 12.2. The Kier molecular flexibility index (Phi) is 3.10. The lowest BCUT2D eigenvalue weighted by molar-refractivity contribution is -0.384. The van der Waals surface area contributed by atoms with E-state index in [1.807, 2.05) is 6.92 Å². The number of anilines is 1. The number of H-pyrrole nitrogens is 1. The monoisotopic (exact) mass is 286 g/mol. The molecule has 1 atom stereocenters. The van der Waals surface area contributed by atoms with Gasteiger partial charge in [-0.05, 0) is 13.0 Å². The van der Waals surface area contributed by atoms with Gasteiger partial charge in [-0.25, -0.2) is 9.97 Å². The highest BCUT2D eigenvalue weighted by Crippen LogP contribution is 2.26. The third kappa shape index (κ3) is 2.45. The molecule has 0 aliphatic rings. The summed E-state index contributed by atoms with van der Waals surface area (Å²) in [6.07, 6.45) is 1.39. The Bertz CT molecular complexity index is 788. The highest BCUT2D eigenvalue weighted by atomic mass is 16.6. The summed E-state index contributed by atoms with van der Waals surface area (Å²) in [4.78, 5) is 18.6. The Balaban J connectivity index is 2.01. The molecule has 10 heteroatoms. The number of tetrazole rings is 1. The van der Waals surface area contributed by atoms with Crippen LogP contribution in [0.25, 0.3) is 10.9 Å². The predicted octanol–water partition coefficient (Wildman–Crippen LogP) is 1.22. The van der Waals surface area contributed by atoms with Gasteiger partial charge >= 0.3 is 0 Å². The van der Waals surface area contributed by atoms with Gasteiger partial charge < -0.3 is 5.32 Å². The van der Waals surface area contributed by atoms with Gasteiger partial charge in [0.15, 0.2) is 5.82 Å². The highest BCUT2D eigenvalue weighted by Gasteiger charge is 2.15. The second-order valence-electron chi connectivity index (χ2n) is 4.32. The summed E-state index contributed by atoms with van der Waals surface area (Å²) in [5.41, 5.74) is 0.589. The van der Waals surface area contributed by atoms with E-state index >= 15 is 0 Å². The van der Waals surface area contributed by atoms with E-state index in [1.54, 1.807) is 6.07 Å². The molecule has 0 aliphatic heterocycles. The summed E-state index contributed by atoms with van der Waals surface area (Å²) in [5.74, 6) is 0.938. The van der Waals surface area contributed by atoms with Crippen molar-refractivity contribution in [1.29, 1.82) is 0 Å². The number of aromatic amines is 1. The molecule has 106 valence electrons. The van der Waals surface area contributed by atoms with Crippen molar-refractivity contribution in [2.24, 2.45) is 0 Å². The lowest BCUT2D eigenvalue weighted by atomic mass is 10.2. The van der Waals surface area contributed by atoms with E-state index in [0.29, 0.717) is 22.5 Å². The van der Waals surface area contributed by atoms with Crippen molar-refractivity contribution in [3.05, 3.63) is 40.5 Å². The Hall–Kier alpha value is -3.17. The molecule has 2 aromatic heterocycles. The van der Waals surface area contributed by atoms with E-state index in [0.717, 1.165) is 0 Å². The van der Waals surface area contributed by atoms with Crippen molar-refractivity contribution in [3.63, 3.8) is 0 Å². The molecule has 2 N–H and O–H groups in total. The average Bonchev–Trinajstić information content (AvgIpc) is 3.01. The largest absolute Gasteiger partial charge is 0.360 e. The number of nitrogens with zero attached hydrogens (tertiary/aromatic N) is 6. The Morgan fingerprint density at radius 1 is 1.38 bits per heavy atom. The zero-order valence-corrected chi connectivity index (χ0v) is 10.9.